The quantitative estimate of drug-likeness (QED) is 0.604. The third-order valence-corrected chi connectivity index (χ3v) is 1.95. The van der Waals surface area contributed by atoms with E-state index >= 15 is 0 Å². The maximum absolute atomic E-state index is 8.77. The molecular formula is C7H8INO. The Balaban J connectivity index is 3.07. The summed E-state index contributed by atoms with van der Waals surface area (Å²) >= 11 is 2.15. The molecular weight excluding hydrogens is 241 g/mol. The first kappa shape index (κ1) is 7.94. The summed E-state index contributed by atoms with van der Waals surface area (Å²) in [6.45, 7) is 2.05. The molecule has 10 heavy (non-hydrogen) atoms. The van der Waals surface area contributed by atoms with E-state index in [1.165, 1.54) is 0 Å². The summed E-state index contributed by atoms with van der Waals surface area (Å²) in [5.41, 5.74) is 2.00. The lowest BCUT2D eigenvalue weighted by Gasteiger charge is -1.99. The topological polar surface area (TPSA) is 33.1 Å². The normalized spacial score (nSPS) is 9.90. The van der Waals surface area contributed by atoms with Crippen molar-refractivity contribution < 1.29 is 5.11 Å². The Morgan fingerprint density at radius 1 is 1.70 bits per heavy atom. The zero-order valence-corrected chi connectivity index (χ0v) is 7.79. The molecule has 0 amide bonds. The molecule has 0 radical (unpaired) electrons. The Bertz CT molecular complexity index is 237. The molecule has 1 N–H and O–H groups in total. The second-order valence-electron chi connectivity index (χ2n) is 2.09. The molecule has 0 atom stereocenters. The van der Waals surface area contributed by atoms with E-state index in [1.54, 1.807) is 6.20 Å². The van der Waals surface area contributed by atoms with Crippen LogP contribution in [0.1, 0.15) is 11.1 Å². The van der Waals surface area contributed by atoms with Gasteiger partial charge in [-0.1, -0.05) is 0 Å². The van der Waals surface area contributed by atoms with Crippen LogP contribution >= 0.6 is 22.6 Å². The SMILES string of the molecule is Cc1cc(I)ncc1CO. The van der Waals surface area contributed by atoms with E-state index in [4.69, 9.17) is 5.11 Å². The van der Waals surface area contributed by atoms with Gasteiger partial charge in [-0.25, -0.2) is 4.98 Å². The molecule has 1 rings (SSSR count). The zero-order chi connectivity index (χ0) is 7.56. The third kappa shape index (κ3) is 1.67. The molecule has 54 valence electrons. The van der Waals surface area contributed by atoms with Gasteiger partial charge in [-0.05, 0) is 46.7 Å². The van der Waals surface area contributed by atoms with Gasteiger partial charge in [0.2, 0.25) is 0 Å². The van der Waals surface area contributed by atoms with E-state index < -0.39 is 0 Å². The number of hydrogen-bond acceptors (Lipinski definition) is 2. The molecule has 0 aromatic carbocycles. The van der Waals surface area contributed by atoms with E-state index in [0.29, 0.717) is 0 Å². The highest BCUT2D eigenvalue weighted by Gasteiger charge is 1.96. The average Bonchev–Trinajstić information content (AvgIpc) is 1.88. The highest BCUT2D eigenvalue weighted by Crippen LogP contribution is 2.08. The van der Waals surface area contributed by atoms with E-state index in [-0.39, 0.29) is 6.61 Å². The molecule has 0 saturated heterocycles. The first-order chi connectivity index (χ1) is 4.74. The van der Waals surface area contributed by atoms with Crippen LogP contribution in [0.25, 0.3) is 0 Å². The average molecular weight is 249 g/mol. The van der Waals surface area contributed by atoms with Crippen molar-refractivity contribution in [3.63, 3.8) is 0 Å². The van der Waals surface area contributed by atoms with Crippen LogP contribution in [-0.4, -0.2) is 10.1 Å². The Kier molecular flexibility index (Phi) is 2.62. The predicted molar refractivity (Wildman–Crippen MR) is 47.6 cm³/mol. The number of halogens is 1. The number of aliphatic hydroxyl groups excluding tert-OH is 1. The first-order valence-corrected chi connectivity index (χ1v) is 4.04. The highest BCUT2D eigenvalue weighted by molar-refractivity contribution is 14.1. The van der Waals surface area contributed by atoms with Gasteiger partial charge in [0.15, 0.2) is 0 Å². The molecule has 2 nitrogen and oxygen atoms in total. The molecule has 0 aliphatic carbocycles. The first-order valence-electron chi connectivity index (χ1n) is 2.96. The van der Waals surface area contributed by atoms with Crippen LogP contribution in [0.4, 0.5) is 0 Å². The van der Waals surface area contributed by atoms with Crippen LogP contribution in [0.2, 0.25) is 0 Å². The van der Waals surface area contributed by atoms with Gasteiger partial charge in [0.05, 0.1) is 6.61 Å². The minimum absolute atomic E-state index is 0.0791. The van der Waals surface area contributed by atoms with E-state index in [9.17, 15) is 0 Å². The molecule has 0 saturated carbocycles. The standard InChI is InChI=1S/C7H8INO/c1-5-2-7(8)9-3-6(5)4-10/h2-3,10H,4H2,1H3. The van der Waals surface area contributed by atoms with Gasteiger partial charge in [-0.15, -0.1) is 0 Å². The van der Waals surface area contributed by atoms with Crippen LogP contribution in [0.3, 0.4) is 0 Å². The van der Waals surface area contributed by atoms with Gasteiger partial charge in [0, 0.05) is 6.20 Å². The van der Waals surface area contributed by atoms with E-state index in [1.807, 2.05) is 13.0 Å². The molecule has 1 aromatic heterocycles. The fourth-order valence-corrected chi connectivity index (χ4v) is 1.32. The summed E-state index contributed by atoms with van der Waals surface area (Å²) in [5.74, 6) is 0. The molecule has 1 heterocycles. The second kappa shape index (κ2) is 3.30. The van der Waals surface area contributed by atoms with E-state index in [0.717, 1.165) is 14.8 Å². The van der Waals surface area contributed by atoms with Crippen molar-refractivity contribution in [3.8, 4) is 0 Å². The van der Waals surface area contributed by atoms with Crippen LogP contribution < -0.4 is 0 Å². The summed E-state index contributed by atoms with van der Waals surface area (Å²) in [7, 11) is 0. The molecule has 0 unspecified atom stereocenters. The fourth-order valence-electron chi connectivity index (χ4n) is 0.716. The van der Waals surface area contributed by atoms with Crippen molar-refractivity contribution in [3.05, 3.63) is 27.1 Å². The van der Waals surface area contributed by atoms with Gasteiger partial charge in [-0.2, -0.15) is 0 Å². The number of aryl methyl sites for hydroxylation is 1. The fraction of sp³-hybridized carbons (Fsp3) is 0.286. The lowest BCUT2D eigenvalue weighted by atomic mass is 10.2. The highest BCUT2D eigenvalue weighted by atomic mass is 127. The van der Waals surface area contributed by atoms with Crippen molar-refractivity contribution in [1.29, 1.82) is 0 Å². The van der Waals surface area contributed by atoms with E-state index in [2.05, 4.69) is 27.6 Å². The Hall–Kier alpha value is -0.160. The number of rotatable bonds is 1. The molecule has 1 aromatic rings. The van der Waals surface area contributed by atoms with Gasteiger partial charge in [-0.3, -0.25) is 0 Å². The number of aliphatic hydroxyl groups is 1. The number of hydrogen-bond donors (Lipinski definition) is 1. The molecule has 0 aliphatic heterocycles. The maximum Gasteiger partial charge on any atom is 0.101 e. The predicted octanol–water partition coefficient (Wildman–Crippen LogP) is 1.49. The Morgan fingerprint density at radius 2 is 2.40 bits per heavy atom. The zero-order valence-electron chi connectivity index (χ0n) is 5.63. The molecule has 3 heteroatoms. The van der Waals surface area contributed by atoms with Crippen molar-refractivity contribution in [2.75, 3.05) is 0 Å². The number of aromatic nitrogens is 1. The monoisotopic (exact) mass is 249 g/mol. The molecule has 0 fully saturated rings. The molecule has 0 aliphatic rings. The van der Waals surface area contributed by atoms with Crippen LogP contribution in [-0.2, 0) is 6.61 Å². The lowest BCUT2D eigenvalue weighted by Crippen LogP contribution is -1.91. The van der Waals surface area contributed by atoms with Crippen molar-refractivity contribution >= 4 is 22.6 Å². The van der Waals surface area contributed by atoms with Crippen LogP contribution in [0.5, 0.6) is 0 Å². The number of nitrogens with zero attached hydrogens (tertiary/aromatic N) is 1. The second-order valence-corrected chi connectivity index (χ2v) is 3.20. The maximum atomic E-state index is 8.77. The van der Waals surface area contributed by atoms with Crippen LogP contribution in [0.15, 0.2) is 12.3 Å². The Morgan fingerprint density at radius 3 is 2.90 bits per heavy atom. The minimum Gasteiger partial charge on any atom is -0.392 e. The smallest absolute Gasteiger partial charge is 0.101 e. The Labute approximate surface area is 73.4 Å². The van der Waals surface area contributed by atoms with Gasteiger partial charge >= 0.3 is 0 Å². The lowest BCUT2D eigenvalue weighted by molar-refractivity contribution is 0.280. The summed E-state index contributed by atoms with van der Waals surface area (Å²) in [4.78, 5) is 4.04. The number of pyridine rings is 1. The van der Waals surface area contributed by atoms with Crippen molar-refractivity contribution in [2.45, 2.75) is 13.5 Å². The molecule has 0 bridgehead atoms. The summed E-state index contributed by atoms with van der Waals surface area (Å²) in [6.07, 6.45) is 1.71. The molecule has 0 spiro atoms. The summed E-state index contributed by atoms with van der Waals surface area (Å²) < 4.78 is 0.965. The van der Waals surface area contributed by atoms with Crippen molar-refractivity contribution in [2.24, 2.45) is 0 Å². The van der Waals surface area contributed by atoms with Crippen LogP contribution in [0, 0.1) is 10.6 Å². The van der Waals surface area contributed by atoms with Gasteiger partial charge in [0.1, 0.15) is 3.70 Å². The third-order valence-electron chi connectivity index (χ3n) is 1.36. The summed E-state index contributed by atoms with van der Waals surface area (Å²) in [6, 6.07) is 1.95. The largest absolute Gasteiger partial charge is 0.392 e. The van der Waals surface area contributed by atoms with Gasteiger partial charge < -0.3 is 5.11 Å². The minimum atomic E-state index is 0.0791. The van der Waals surface area contributed by atoms with Crippen molar-refractivity contribution in [1.82, 2.24) is 4.98 Å². The van der Waals surface area contributed by atoms with Gasteiger partial charge in [0.25, 0.3) is 0 Å². The summed E-state index contributed by atoms with van der Waals surface area (Å²) in [5, 5.41) is 8.77.